The predicted molar refractivity (Wildman–Crippen MR) is 94.9 cm³/mol. The van der Waals surface area contributed by atoms with Crippen LogP contribution < -0.4 is 9.47 Å². The Kier molecular flexibility index (Phi) is 5.30. The SMILES string of the molecule is COc1ccc(-c2nc(CN(C)Cc3noc(C)n3)cs2)c(OC)c1. The van der Waals surface area contributed by atoms with Gasteiger partial charge in [0, 0.05) is 24.9 Å². The molecular weight excluding hydrogens is 340 g/mol. The smallest absolute Gasteiger partial charge is 0.223 e. The second-order valence-electron chi connectivity index (χ2n) is 5.61. The van der Waals surface area contributed by atoms with E-state index in [4.69, 9.17) is 19.0 Å². The number of rotatable bonds is 7. The van der Waals surface area contributed by atoms with E-state index in [-0.39, 0.29) is 0 Å². The predicted octanol–water partition coefficient (Wildman–Crippen LogP) is 3.15. The van der Waals surface area contributed by atoms with Gasteiger partial charge in [-0.2, -0.15) is 4.98 Å². The van der Waals surface area contributed by atoms with E-state index in [0.29, 0.717) is 24.8 Å². The zero-order valence-electron chi connectivity index (χ0n) is 14.6. The molecule has 0 bridgehead atoms. The zero-order valence-corrected chi connectivity index (χ0v) is 15.5. The first-order chi connectivity index (χ1) is 12.1. The number of nitrogens with zero attached hydrogens (tertiary/aromatic N) is 4. The Morgan fingerprint density at radius 1 is 1.16 bits per heavy atom. The van der Waals surface area contributed by atoms with Crippen LogP contribution in [0.15, 0.2) is 28.1 Å². The van der Waals surface area contributed by atoms with Crippen molar-refractivity contribution in [3.63, 3.8) is 0 Å². The molecule has 3 aromatic rings. The lowest BCUT2D eigenvalue weighted by Crippen LogP contribution is -2.18. The molecule has 0 saturated heterocycles. The molecule has 0 unspecified atom stereocenters. The van der Waals surface area contributed by atoms with Gasteiger partial charge in [0.1, 0.15) is 16.5 Å². The summed E-state index contributed by atoms with van der Waals surface area (Å²) in [5.74, 6) is 2.75. The second-order valence-corrected chi connectivity index (χ2v) is 6.47. The van der Waals surface area contributed by atoms with Crippen LogP contribution in [0.2, 0.25) is 0 Å². The number of hydrogen-bond acceptors (Lipinski definition) is 8. The van der Waals surface area contributed by atoms with Gasteiger partial charge in [-0.25, -0.2) is 4.98 Å². The third-order valence-electron chi connectivity index (χ3n) is 3.60. The van der Waals surface area contributed by atoms with E-state index in [2.05, 4.69) is 20.4 Å². The highest BCUT2D eigenvalue weighted by molar-refractivity contribution is 7.13. The maximum absolute atomic E-state index is 5.46. The summed E-state index contributed by atoms with van der Waals surface area (Å²) < 4.78 is 15.7. The van der Waals surface area contributed by atoms with Crippen LogP contribution in [0.4, 0.5) is 0 Å². The molecule has 0 aliphatic carbocycles. The molecule has 2 aromatic heterocycles. The van der Waals surface area contributed by atoms with Crippen LogP contribution in [0.25, 0.3) is 10.6 Å². The Balaban J connectivity index is 1.72. The normalized spacial score (nSPS) is 11.1. The van der Waals surface area contributed by atoms with E-state index in [1.54, 1.807) is 32.5 Å². The summed E-state index contributed by atoms with van der Waals surface area (Å²) in [6.07, 6.45) is 0. The first-order valence-electron chi connectivity index (χ1n) is 7.73. The molecule has 0 aliphatic heterocycles. The Bertz CT molecular complexity index is 846. The average Bonchev–Trinajstić information content (AvgIpc) is 3.23. The maximum atomic E-state index is 5.46. The van der Waals surface area contributed by atoms with Crippen LogP contribution in [-0.2, 0) is 13.1 Å². The molecule has 132 valence electrons. The summed E-state index contributed by atoms with van der Waals surface area (Å²) in [6, 6.07) is 5.73. The van der Waals surface area contributed by atoms with Crippen LogP contribution in [0, 0.1) is 6.92 Å². The van der Waals surface area contributed by atoms with Gasteiger partial charge in [-0.05, 0) is 19.2 Å². The molecule has 0 radical (unpaired) electrons. The number of methoxy groups -OCH3 is 2. The highest BCUT2D eigenvalue weighted by atomic mass is 32.1. The molecule has 0 aliphatic rings. The highest BCUT2D eigenvalue weighted by Gasteiger charge is 2.13. The summed E-state index contributed by atoms with van der Waals surface area (Å²) in [6.45, 7) is 3.09. The molecule has 2 heterocycles. The number of ether oxygens (including phenoxy) is 2. The van der Waals surface area contributed by atoms with Gasteiger partial charge in [-0.3, -0.25) is 4.90 Å². The van der Waals surface area contributed by atoms with Gasteiger partial charge in [0.2, 0.25) is 5.89 Å². The monoisotopic (exact) mass is 360 g/mol. The largest absolute Gasteiger partial charge is 0.497 e. The minimum atomic E-state index is 0.575. The topological polar surface area (TPSA) is 73.5 Å². The van der Waals surface area contributed by atoms with Crippen molar-refractivity contribution in [1.82, 2.24) is 20.0 Å². The molecule has 0 fully saturated rings. The van der Waals surface area contributed by atoms with E-state index in [0.717, 1.165) is 27.8 Å². The third-order valence-corrected chi connectivity index (χ3v) is 4.53. The van der Waals surface area contributed by atoms with Crippen molar-refractivity contribution in [2.45, 2.75) is 20.0 Å². The zero-order chi connectivity index (χ0) is 17.8. The van der Waals surface area contributed by atoms with Crippen molar-refractivity contribution in [1.29, 1.82) is 0 Å². The molecule has 0 saturated carbocycles. The van der Waals surface area contributed by atoms with E-state index in [1.807, 2.05) is 25.2 Å². The molecule has 0 N–H and O–H groups in total. The van der Waals surface area contributed by atoms with Gasteiger partial charge in [-0.15, -0.1) is 11.3 Å². The molecular formula is C17H20N4O3S. The minimum Gasteiger partial charge on any atom is -0.497 e. The standard InChI is InChI=1S/C17H20N4O3S/c1-11-18-16(20-24-11)9-21(2)8-12-10-25-17(19-12)14-6-5-13(22-3)7-15(14)23-4/h5-7,10H,8-9H2,1-4H3. The van der Waals surface area contributed by atoms with E-state index in [9.17, 15) is 0 Å². The summed E-state index contributed by atoms with van der Waals surface area (Å²) in [5, 5.41) is 6.88. The lowest BCUT2D eigenvalue weighted by molar-refractivity contribution is 0.298. The molecule has 7 nitrogen and oxygen atoms in total. The van der Waals surface area contributed by atoms with Crippen molar-refractivity contribution in [2.75, 3.05) is 21.3 Å². The van der Waals surface area contributed by atoms with Crippen molar-refractivity contribution in [3.8, 4) is 22.1 Å². The van der Waals surface area contributed by atoms with E-state index < -0.39 is 0 Å². The van der Waals surface area contributed by atoms with Crippen LogP contribution in [0.3, 0.4) is 0 Å². The molecule has 0 amide bonds. The van der Waals surface area contributed by atoms with Gasteiger partial charge in [-0.1, -0.05) is 5.16 Å². The first-order valence-corrected chi connectivity index (χ1v) is 8.61. The van der Waals surface area contributed by atoms with Crippen LogP contribution in [0.1, 0.15) is 17.4 Å². The quantitative estimate of drug-likeness (QED) is 0.641. The summed E-state index contributed by atoms with van der Waals surface area (Å²) >= 11 is 1.59. The molecule has 25 heavy (non-hydrogen) atoms. The Labute approximate surface area is 150 Å². The number of aromatic nitrogens is 3. The molecule has 1 aromatic carbocycles. The van der Waals surface area contributed by atoms with Gasteiger partial charge in [0.15, 0.2) is 5.82 Å². The van der Waals surface area contributed by atoms with Crippen molar-refractivity contribution < 1.29 is 14.0 Å². The fourth-order valence-electron chi connectivity index (χ4n) is 2.46. The molecule has 8 heteroatoms. The van der Waals surface area contributed by atoms with Gasteiger partial charge < -0.3 is 14.0 Å². The highest BCUT2D eigenvalue weighted by Crippen LogP contribution is 2.35. The Morgan fingerprint density at radius 2 is 2.00 bits per heavy atom. The summed E-state index contributed by atoms with van der Waals surface area (Å²) in [5.41, 5.74) is 1.94. The van der Waals surface area contributed by atoms with Crippen LogP contribution in [0.5, 0.6) is 11.5 Å². The van der Waals surface area contributed by atoms with E-state index in [1.165, 1.54) is 0 Å². The van der Waals surface area contributed by atoms with Crippen LogP contribution in [-0.4, -0.2) is 41.3 Å². The average molecular weight is 360 g/mol. The fourth-order valence-corrected chi connectivity index (χ4v) is 3.30. The first kappa shape index (κ1) is 17.4. The van der Waals surface area contributed by atoms with Gasteiger partial charge in [0.05, 0.1) is 32.0 Å². The van der Waals surface area contributed by atoms with Gasteiger partial charge >= 0.3 is 0 Å². The number of thiazole rings is 1. The lowest BCUT2D eigenvalue weighted by Gasteiger charge is -2.12. The molecule has 0 spiro atoms. The maximum Gasteiger partial charge on any atom is 0.223 e. The molecule has 0 atom stereocenters. The fraction of sp³-hybridized carbons (Fsp3) is 0.353. The van der Waals surface area contributed by atoms with Crippen molar-refractivity contribution >= 4 is 11.3 Å². The number of aryl methyl sites for hydroxylation is 1. The van der Waals surface area contributed by atoms with Crippen molar-refractivity contribution in [2.24, 2.45) is 0 Å². The lowest BCUT2D eigenvalue weighted by atomic mass is 10.2. The second kappa shape index (κ2) is 7.62. The Hall–Kier alpha value is -2.45. The van der Waals surface area contributed by atoms with Crippen molar-refractivity contribution in [3.05, 3.63) is 41.0 Å². The van der Waals surface area contributed by atoms with Gasteiger partial charge in [0.25, 0.3) is 0 Å². The third kappa shape index (κ3) is 4.15. The van der Waals surface area contributed by atoms with E-state index >= 15 is 0 Å². The summed E-state index contributed by atoms with van der Waals surface area (Å²) in [4.78, 5) is 11.0. The minimum absolute atomic E-state index is 0.575. The molecule has 3 rings (SSSR count). The van der Waals surface area contributed by atoms with Crippen LogP contribution >= 0.6 is 11.3 Å². The summed E-state index contributed by atoms with van der Waals surface area (Å²) in [7, 11) is 5.28. The number of hydrogen-bond donors (Lipinski definition) is 0. The Morgan fingerprint density at radius 3 is 2.68 bits per heavy atom. The number of benzene rings is 1.